The first-order valence-corrected chi connectivity index (χ1v) is 17.4. The molecule has 0 spiro atoms. The van der Waals surface area contributed by atoms with E-state index in [1.54, 1.807) is 11.0 Å². The molecule has 0 radical (unpaired) electrons. The van der Waals surface area contributed by atoms with Crippen LogP contribution in [0.1, 0.15) is 52.0 Å². The molecule has 46 heavy (non-hydrogen) atoms. The molecule has 6 rings (SSSR count). The lowest BCUT2D eigenvalue weighted by molar-refractivity contribution is -0.137. The van der Waals surface area contributed by atoms with E-state index < -0.39 is 39.6 Å². The Bertz CT molecular complexity index is 1720. The number of aromatic nitrogens is 2. The Balaban J connectivity index is 1.30. The van der Waals surface area contributed by atoms with Gasteiger partial charge in [0.25, 0.3) is 12.3 Å². The monoisotopic (exact) mass is 685 g/mol. The number of halogens is 5. The molecule has 0 unspecified atom stereocenters. The first-order chi connectivity index (χ1) is 21.8. The van der Waals surface area contributed by atoms with Gasteiger partial charge in [0.2, 0.25) is 5.95 Å². The Labute approximate surface area is 266 Å². The zero-order valence-corrected chi connectivity index (χ0v) is 26.5. The van der Waals surface area contributed by atoms with Crippen LogP contribution in [-0.4, -0.2) is 91.7 Å². The number of nitrogens with one attached hydrogen (secondary N) is 1. The number of alkyl halides is 5. The molecule has 0 bridgehead atoms. The van der Waals surface area contributed by atoms with Gasteiger partial charge in [0.15, 0.2) is 9.84 Å². The van der Waals surface area contributed by atoms with Gasteiger partial charge in [0.05, 0.1) is 47.0 Å². The van der Waals surface area contributed by atoms with Gasteiger partial charge in [-0.15, -0.1) is 11.3 Å². The minimum Gasteiger partial charge on any atom is -0.377 e. The van der Waals surface area contributed by atoms with Crippen molar-refractivity contribution in [2.45, 2.75) is 55.6 Å². The van der Waals surface area contributed by atoms with Crippen molar-refractivity contribution >= 4 is 38.7 Å². The van der Waals surface area contributed by atoms with Crippen molar-refractivity contribution in [1.82, 2.24) is 19.8 Å². The number of fused-ring (bicyclic) bond motifs is 1. The fourth-order valence-corrected chi connectivity index (χ4v) is 8.98. The summed E-state index contributed by atoms with van der Waals surface area (Å²) in [5, 5.41) is 3.02. The lowest BCUT2D eigenvalue weighted by Gasteiger charge is -2.36. The van der Waals surface area contributed by atoms with E-state index in [9.17, 15) is 35.2 Å². The number of benzene rings is 1. The molecule has 16 heteroatoms. The molecule has 9 nitrogen and oxygen atoms in total. The number of carbonyl (C=O) groups excluding carboxylic acids is 1. The van der Waals surface area contributed by atoms with Gasteiger partial charge in [-0.3, -0.25) is 9.69 Å². The highest BCUT2D eigenvalue weighted by atomic mass is 32.2. The van der Waals surface area contributed by atoms with E-state index in [4.69, 9.17) is 4.74 Å². The molecule has 3 aliphatic rings. The predicted octanol–water partition coefficient (Wildman–Crippen LogP) is 5.60. The molecule has 2 saturated heterocycles. The molecular weight excluding hydrogens is 653 g/mol. The highest BCUT2D eigenvalue weighted by molar-refractivity contribution is 7.91. The Morgan fingerprint density at radius 3 is 2.50 bits per heavy atom. The van der Waals surface area contributed by atoms with E-state index in [2.05, 4.69) is 15.3 Å². The summed E-state index contributed by atoms with van der Waals surface area (Å²) in [5.74, 6) is -0.847. The standard InChI is InChI=1S/C30H32F5N5O4S2/c1-2-17-11-19(18-5-7-39(8-6-18)14-25(31)32)3-4-22(17)37-29-36-13-21(30(33,34)35)26(38-29)23-12-24-27(45-23)28(41)40(20-15-44-16-20)9-10-46(24,42)43/h3-4,11-13,18,20,25H,2,5-10,14-16H2,1H3,(H,36,37,38). The summed E-state index contributed by atoms with van der Waals surface area (Å²) in [7, 11) is -3.96. The average molecular weight is 686 g/mol. The number of ether oxygens (including phenoxy) is 1. The SMILES string of the molecule is CCc1cc(C2CCN(CC(F)F)CC2)ccc1Nc1ncc(C(F)(F)F)c(-c2cc3c(s2)C(=O)N(C2COC2)CCS3(=O)=O)n1. The second-order valence-corrected chi connectivity index (χ2v) is 14.8. The Hall–Kier alpha value is -3.21. The maximum absolute atomic E-state index is 14.2. The molecule has 5 heterocycles. The van der Waals surface area contributed by atoms with E-state index in [0.717, 1.165) is 30.0 Å². The summed E-state index contributed by atoms with van der Waals surface area (Å²) in [6, 6.07) is 6.53. The second-order valence-electron chi connectivity index (χ2n) is 11.6. The number of thiophene rings is 1. The summed E-state index contributed by atoms with van der Waals surface area (Å²) >= 11 is 0.668. The van der Waals surface area contributed by atoms with Gasteiger partial charge in [-0.2, -0.15) is 13.2 Å². The highest BCUT2D eigenvalue weighted by Crippen LogP contribution is 2.42. The molecule has 1 amide bonds. The van der Waals surface area contributed by atoms with Crippen LogP contribution in [0, 0.1) is 0 Å². The minimum absolute atomic E-state index is 0.0300. The summed E-state index contributed by atoms with van der Waals surface area (Å²) in [6.07, 6.45) is -4.50. The summed E-state index contributed by atoms with van der Waals surface area (Å²) in [5.41, 5.74) is 0.826. The van der Waals surface area contributed by atoms with Crippen LogP contribution < -0.4 is 5.32 Å². The van der Waals surface area contributed by atoms with Crippen LogP contribution >= 0.6 is 11.3 Å². The van der Waals surface area contributed by atoms with Crippen molar-refractivity contribution in [2.75, 3.05) is 50.5 Å². The van der Waals surface area contributed by atoms with Crippen molar-refractivity contribution < 1.29 is 39.9 Å². The average Bonchev–Trinajstić information content (AvgIpc) is 3.41. The zero-order valence-electron chi connectivity index (χ0n) is 24.8. The van der Waals surface area contributed by atoms with Crippen molar-refractivity contribution in [3.63, 3.8) is 0 Å². The Morgan fingerprint density at radius 1 is 1.13 bits per heavy atom. The van der Waals surface area contributed by atoms with Crippen LogP contribution in [0.2, 0.25) is 0 Å². The Morgan fingerprint density at radius 2 is 1.87 bits per heavy atom. The highest BCUT2D eigenvalue weighted by Gasteiger charge is 2.41. The maximum Gasteiger partial charge on any atom is 0.420 e. The molecule has 3 aliphatic heterocycles. The molecule has 2 aromatic heterocycles. The van der Waals surface area contributed by atoms with Gasteiger partial charge in [0, 0.05) is 18.4 Å². The number of amides is 1. The third-order valence-electron chi connectivity index (χ3n) is 8.69. The lowest BCUT2D eigenvalue weighted by Crippen LogP contribution is -2.52. The largest absolute Gasteiger partial charge is 0.420 e. The van der Waals surface area contributed by atoms with Gasteiger partial charge in [-0.1, -0.05) is 19.1 Å². The predicted molar refractivity (Wildman–Crippen MR) is 162 cm³/mol. The van der Waals surface area contributed by atoms with Gasteiger partial charge in [-0.25, -0.2) is 27.2 Å². The number of piperidine rings is 1. The third kappa shape index (κ3) is 6.62. The third-order valence-corrected chi connectivity index (χ3v) is 11.7. The van der Waals surface area contributed by atoms with Crippen molar-refractivity contribution in [1.29, 1.82) is 0 Å². The van der Waals surface area contributed by atoms with E-state index in [-0.39, 0.29) is 64.6 Å². The molecule has 1 N–H and O–H groups in total. The molecular formula is C30H32F5N5O4S2. The van der Waals surface area contributed by atoms with Crippen LogP contribution in [0.25, 0.3) is 10.6 Å². The van der Waals surface area contributed by atoms with Crippen LogP contribution in [-0.2, 0) is 27.2 Å². The van der Waals surface area contributed by atoms with Gasteiger partial charge < -0.3 is 15.0 Å². The minimum atomic E-state index is -4.85. The number of anilines is 2. The molecule has 2 fully saturated rings. The van der Waals surface area contributed by atoms with Crippen LogP contribution in [0.4, 0.5) is 33.6 Å². The van der Waals surface area contributed by atoms with E-state index in [1.807, 2.05) is 19.1 Å². The zero-order chi connectivity index (χ0) is 32.8. The summed E-state index contributed by atoms with van der Waals surface area (Å²) < 4.78 is 99.5. The van der Waals surface area contributed by atoms with Crippen molar-refractivity contribution in [2.24, 2.45) is 0 Å². The molecule has 0 atom stereocenters. The lowest BCUT2D eigenvalue weighted by atomic mass is 9.88. The molecule has 248 valence electrons. The number of hydrogen-bond acceptors (Lipinski definition) is 9. The number of carbonyl (C=O) groups is 1. The van der Waals surface area contributed by atoms with Gasteiger partial charge >= 0.3 is 6.18 Å². The number of rotatable bonds is 8. The fraction of sp³-hybridized carbons (Fsp3) is 0.500. The smallest absolute Gasteiger partial charge is 0.377 e. The first kappa shape index (κ1) is 32.7. The van der Waals surface area contributed by atoms with Crippen molar-refractivity contribution in [3.05, 3.63) is 52.0 Å². The Kier molecular flexibility index (Phi) is 9.08. The van der Waals surface area contributed by atoms with Crippen LogP contribution in [0.15, 0.2) is 35.4 Å². The summed E-state index contributed by atoms with van der Waals surface area (Å²) in [4.78, 5) is 24.1. The number of sulfone groups is 1. The number of aryl methyl sites for hydroxylation is 1. The maximum atomic E-state index is 14.2. The molecule has 1 aromatic carbocycles. The molecule has 0 aliphatic carbocycles. The van der Waals surface area contributed by atoms with E-state index in [0.29, 0.717) is 42.7 Å². The summed E-state index contributed by atoms with van der Waals surface area (Å²) in [6.45, 7) is 3.34. The van der Waals surface area contributed by atoms with Gasteiger partial charge in [0.1, 0.15) is 10.4 Å². The number of likely N-dealkylation sites (tertiary alicyclic amines) is 1. The molecule has 3 aromatic rings. The number of hydrogen-bond donors (Lipinski definition) is 1. The van der Waals surface area contributed by atoms with E-state index >= 15 is 0 Å². The van der Waals surface area contributed by atoms with E-state index in [1.165, 1.54) is 4.90 Å². The second kappa shape index (κ2) is 12.8. The quantitative estimate of drug-likeness (QED) is 0.306. The topological polar surface area (TPSA) is 105 Å². The number of nitrogens with zero attached hydrogens (tertiary/aromatic N) is 4. The van der Waals surface area contributed by atoms with Crippen molar-refractivity contribution in [3.8, 4) is 10.6 Å². The molecule has 0 saturated carbocycles. The fourth-order valence-electron chi connectivity index (χ4n) is 6.07. The first-order valence-electron chi connectivity index (χ1n) is 14.9. The normalized spacial score (nSPS) is 19.6. The van der Waals surface area contributed by atoms with Gasteiger partial charge in [-0.05, 0) is 61.5 Å². The van der Waals surface area contributed by atoms with Crippen LogP contribution in [0.3, 0.4) is 0 Å². The van der Waals surface area contributed by atoms with Crippen LogP contribution in [0.5, 0.6) is 0 Å².